The van der Waals surface area contributed by atoms with Gasteiger partial charge in [0.05, 0.1) is 25.9 Å². The van der Waals surface area contributed by atoms with E-state index in [4.69, 9.17) is 16.3 Å². The molecule has 1 aliphatic heterocycles. The highest BCUT2D eigenvalue weighted by Crippen LogP contribution is 2.54. The standard InChI is InChI=1S/C22H18ClFN2O2S/c1-22(2)21-17(25-10-11-26-21)18(27)20(29-22)16-15(24)9-8-14(23)19(16)28-12-13-6-4-3-5-7-13/h3-11,27H,12H2,1-2H3. The maximum absolute atomic E-state index is 15.0. The van der Waals surface area contributed by atoms with Crippen molar-refractivity contribution in [2.24, 2.45) is 0 Å². The molecule has 1 aromatic heterocycles. The Bertz CT molecular complexity index is 1100. The van der Waals surface area contributed by atoms with Gasteiger partial charge in [0.2, 0.25) is 0 Å². The Morgan fingerprint density at radius 3 is 2.59 bits per heavy atom. The molecule has 0 radical (unpaired) electrons. The second-order valence-corrected chi connectivity index (χ2v) is 9.09. The minimum atomic E-state index is -0.533. The van der Waals surface area contributed by atoms with E-state index in [0.29, 0.717) is 16.3 Å². The smallest absolute Gasteiger partial charge is 0.157 e. The van der Waals surface area contributed by atoms with E-state index < -0.39 is 10.6 Å². The molecule has 0 saturated heterocycles. The highest BCUT2D eigenvalue weighted by molar-refractivity contribution is 8.09. The number of fused-ring (bicyclic) bond motifs is 1. The van der Waals surface area contributed by atoms with Crippen molar-refractivity contribution in [2.75, 3.05) is 0 Å². The average Bonchev–Trinajstić information content (AvgIpc) is 2.72. The van der Waals surface area contributed by atoms with Crippen molar-refractivity contribution in [3.05, 3.63) is 88.2 Å². The molecule has 0 aliphatic carbocycles. The normalized spacial score (nSPS) is 15.2. The lowest BCUT2D eigenvalue weighted by Gasteiger charge is -2.31. The predicted octanol–water partition coefficient (Wildman–Crippen LogP) is 6.21. The summed E-state index contributed by atoms with van der Waals surface area (Å²) in [4.78, 5) is 8.95. The molecule has 0 spiro atoms. The van der Waals surface area contributed by atoms with Crippen LogP contribution in [0.3, 0.4) is 0 Å². The van der Waals surface area contributed by atoms with Gasteiger partial charge in [0, 0.05) is 12.4 Å². The second-order valence-electron chi connectivity index (χ2n) is 7.05. The number of aliphatic hydroxyl groups excluding tert-OH is 1. The lowest BCUT2D eigenvalue weighted by Crippen LogP contribution is -2.22. The highest BCUT2D eigenvalue weighted by Gasteiger charge is 2.38. The number of ether oxygens (including phenoxy) is 1. The third kappa shape index (κ3) is 3.70. The van der Waals surface area contributed by atoms with Gasteiger partial charge in [0.1, 0.15) is 23.9 Å². The lowest BCUT2D eigenvalue weighted by atomic mass is 10.0. The zero-order chi connectivity index (χ0) is 20.6. The molecule has 0 bridgehead atoms. The average molecular weight is 429 g/mol. The van der Waals surface area contributed by atoms with E-state index in [1.807, 2.05) is 44.2 Å². The van der Waals surface area contributed by atoms with Crippen LogP contribution in [0.1, 0.15) is 36.4 Å². The Kier molecular flexibility index (Phi) is 5.23. The SMILES string of the molecule is CC1(C)SC(c2c(F)ccc(Cl)c2OCc2ccccc2)=C(O)c2nccnc21. The van der Waals surface area contributed by atoms with Crippen LogP contribution in [-0.2, 0) is 11.4 Å². The molecule has 0 unspecified atom stereocenters. The van der Waals surface area contributed by atoms with Crippen LogP contribution in [0.4, 0.5) is 4.39 Å². The number of rotatable bonds is 4. The van der Waals surface area contributed by atoms with Crippen LogP contribution in [-0.4, -0.2) is 15.1 Å². The minimum Gasteiger partial charge on any atom is -0.504 e. The Labute approximate surface area is 177 Å². The number of nitrogens with zero attached hydrogens (tertiary/aromatic N) is 2. The monoisotopic (exact) mass is 428 g/mol. The molecule has 29 heavy (non-hydrogen) atoms. The molecule has 4 nitrogen and oxygen atoms in total. The molecule has 0 atom stereocenters. The first-order valence-electron chi connectivity index (χ1n) is 8.97. The largest absolute Gasteiger partial charge is 0.504 e. The van der Waals surface area contributed by atoms with Gasteiger partial charge in [-0.15, -0.1) is 11.8 Å². The number of aromatic nitrogens is 2. The van der Waals surface area contributed by atoms with Crippen molar-refractivity contribution in [1.29, 1.82) is 0 Å². The van der Waals surface area contributed by atoms with Crippen molar-refractivity contribution in [1.82, 2.24) is 9.97 Å². The number of halogens is 2. The summed E-state index contributed by atoms with van der Waals surface area (Å²) in [6.45, 7) is 4.12. The van der Waals surface area contributed by atoms with Crippen LogP contribution in [0.25, 0.3) is 10.7 Å². The number of benzene rings is 2. The molecule has 1 aliphatic rings. The zero-order valence-electron chi connectivity index (χ0n) is 15.8. The summed E-state index contributed by atoms with van der Waals surface area (Å²) in [5, 5.41) is 11.2. The van der Waals surface area contributed by atoms with Gasteiger partial charge in [-0.25, -0.2) is 9.37 Å². The van der Waals surface area contributed by atoms with Crippen molar-refractivity contribution in [2.45, 2.75) is 25.2 Å². The second kappa shape index (κ2) is 7.69. The first-order valence-corrected chi connectivity index (χ1v) is 10.2. The maximum atomic E-state index is 15.0. The first-order chi connectivity index (χ1) is 13.9. The maximum Gasteiger partial charge on any atom is 0.157 e. The van der Waals surface area contributed by atoms with Crippen LogP contribution in [0, 0.1) is 5.82 Å². The Morgan fingerprint density at radius 1 is 1.10 bits per heavy atom. The summed E-state index contributed by atoms with van der Waals surface area (Å²) >= 11 is 7.67. The van der Waals surface area contributed by atoms with Gasteiger partial charge in [-0.1, -0.05) is 41.9 Å². The minimum absolute atomic E-state index is 0.125. The summed E-state index contributed by atoms with van der Waals surface area (Å²) in [6, 6.07) is 12.2. The van der Waals surface area contributed by atoms with Crippen LogP contribution in [0.2, 0.25) is 5.02 Å². The molecule has 0 fully saturated rings. The third-order valence-electron chi connectivity index (χ3n) is 4.58. The number of aliphatic hydroxyl groups is 1. The summed E-state index contributed by atoms with van der Waals surface area (Å²) < 4.78 is 20.4. The van der Waals surface area contributed by atoms with Gasteiger partial charge in [-0.2, -0.15) is 0 Å². The molecule has 148 valence electrons. The number of hydrogen-bond acceptors (Lipinski definition) is 5. The van der Waals surface area contributed by atoms with Crippen molar-refractivity contribution < 1.29 is 14.2 Å². The quantitative estimate of drug-likeness (QED) is 0.535. The van der Waals surface area contributed by atoms with E-state index in [0.717, 1.165) is 5.56 Å². The molecule has 7 heteroatoms. The topological polar surface area (TPSA) is 55.2 Å². The zero-order valence-corrected chi connectivity index (χ0v) is 17.4. The van der Waals surface area contributed by atoms with Gasteiger partial charge in [0.15, 0.2) is 5.76 Å². The summed E-state index contributed by atoms with van der Waals surface area (Å²) in [6.07, 6.45) is 3.08. The fourth-order valence-electron chi connectivity index (χ4n) is 3.20. The van der Waals surface area contributed by atoms with Crippen LogP contribution >= 0.6 is 23.4 Å². The molecular formula is C22H18ClFN2O2S. The van der Waals surface area contributed by atoms with Gasteiger partial charge in [-0.05, 0) is 31.5 Å². The molecular weight excluding hydrogens is 411 g/mol. The molecule has 2 heterocycles. The molecule has 0 saturated carbocycles. The van der Waals surface area contributed by atoms with E-state index in [1.54, 1.807) is 6.20 Å². The van der Waals surface area contributed by atoms with Gasteiger partial charge in [-0.3, -0.25) is 4.98 Å². The number of thioether (sulfide) groups is 1. The molecule has 0 amide bonds. The third-order valence-corrected chi connectivity index (χ3v) is 6.18. The van der Waals surface area contributed by atoms with Crippen LogP contribution < -0.4 is 4.74 Å². The fraction of sp³-hybridized carbons (Fsp3) is 0.182. The Balaban J connectivity index is 1.84. The van der Waals surface area contributed by atoms with Crippen molar-refractivity contribution in [3.63, 3.8) is 0 Å². The molecule has 2 aromatic carbocycles. The van der Waals surface area contributed by atoms with E-state index in [-0.39, 0.29) is 28.7 Å². The Hall–Kier alpha value is -2.57. The predicted molar refractivity (Wildman–Crippen MR) is 114 cm³/mol. The first kappa shape index (κ1) is 19.7. The van der Waals surface area contributed by atoms with Gasteiger partial charge < -0.3 is 9.84 Å². The van der Waals surface area contributed by atoms with Crippen molar-refractivity contribution >= 4 is 34.0 Å². The van der Waals surface area contributed by atoms with Crippen LogP contribution in [0.15, 0.2) is 54.9 Å². The molecule has 4 rings (SSSR count). The van der Waals surface area contributed by atoms with Gasteiger partial charge >= 0.3 is 0 Å². The lowest BCUT2D eigenvalue weighted by molar-refractivity contribution is 0.304. The van der Waals surface area contributed by atoms with Crippen molar-refractivity contribution in [3.8, 4) is 5.75 Å². The summed E-state index contributed by atoms with van der Waals surface area (Å²) in [5.41, 5.74) is 2.02. The van der Waals surface area contributed by atoms with E-state index in [9.17, 15) is 5.11 Å². The summed E-state index contributed by atoms with van der Waals surface area (Å²) in [7, 11) is 0. The molecule has 1 N–H and O–H groups in total. The molecule has 3 aromatic rings. The van der Waals surface area contributed by atoms with E-state index in [1.165, 1.54) is 30.1 Å². The Morgan fingerprint density at radius 2 is 1.83 bits per heavy atom. The van der Waals surface area contributed by atoms with E-state index in [2.05, 4.69) is 9.97 Å². The highest BCUT2D eigenvalue weighted by atomic mass is 35.5. The number of hydrogen-bond donors (Lipinski definition) is 1. The van der Waals surface area contributed by atoms with Crippen LogP contribution in [0.5, 0.6) is 5.75 Å². The van der Waals surface area contributed by atoms with E-state index >= 15 is 4.39 Å². The summed E-state index contributed by atoms with van der Waals surface area (Å²) in [5.74, 6) is -0.481. The fourth-order valence-corrected chi connectivity index (χ4v) is 4.65. The van der Waals surface area contributed by atoms with Gasteiger partial charge in [0.25, 0.3) is 0 Å².